The van der Waals surface area contributed by atoms with Crippen molar-refractivity contribution in [2.45, 2.75) is 19.3 Å². The first kappa shape index (κ1) is 10.8. The molecule has 1 aliphatic rings. The maximum Gasteiger partial charge on any atom is 0.0628 e. The zero-order chi connectivity index (χ0) is 11.6. The first-order valence-electron chi connectivity index (χ1n) is 5.59. The predicted octanol–water partition coefficient (Wildman–Crippen LogP) is 2.40. The van der Waals surface area contributed by atoms with Gasteiger partial charge in [-0.3, -0.25) is 0 Å². The Balaban J connectivity index is 2.07. The average molecular weight is 215 g/mol. The first-order valence-corrected chi connectivity index (χ1v) is 5.59. The van der Waals surface area contributed by atoms with Gasteiger partial charge < -0.3 is 10.6 Å². The summed E-state index contributed by atoms with van der Waals surface area (Å²) in [4.78, 5) is 2.17. The van der Waals surface area contributed by atoms with Crippen molar-refractivity contribution < 1.29 is 0 Å². The van der Waals surface area contributed by atoms with Crippen molar-refractivity contribution in [3.8, 4) is 6.07 Å². The molecule has 2 rings (SSSR count). The predicted molar refractivity (Wildman–Crippen MR) is 66.0 cm³/mol. The van der Waals surface area contributed by atoms with Gasteiger partial charge in [0, 0.05) is 25.4 Å². The van der Waals surface area contributed by atoms with Crippen LogP contribution in [-0.2, 0) is 0 Å². The average Bonchev–Trinajstić information content (AvgIpc) is 2.99. The van der Waals surface area contributed by atoms with E-state index in [9.17, 15) is 0 Å². The lowest BCUT2D eigenvalue weighted by atomic mass is 10.0. The summed E-state index contributed by atoms with van der Waals surface area (Å²) in [5, 5.41) is 8.79. The van der Waals surface area contributed by atoms with Crippen LogP contribution < -0.4 is 10.6 Å². The highest BCUT2D eigenvalue weighted by molar-refractivity contribution is 5.67. The Bertz CT molecular complexity index is 415. The molecule has 0 saturated heterocycles. The molecule has 0 amide bonds. The number of nitrogens with two attached hydrogens (primary N) is 1. The van der Waals surface area contributed by atoms with E-state index in [1.54, 1.807) is 0 Å². The number of para-hydroxylation sites is 2. The molecule has 1 fully saturated rings. The van der Waals surface area contributed by atoms with Gasteiger partial charge in [-0.05, 0) is 25.0 Å². The molecule has 0 unspecified atom stereocenters. The SMILES string of the molecule is CN(CC1(CC#N)CC1)c1ccccc1N. The molecular weight excluding hydrogens is 198 g/mol. The molecule has 1 aliphatic carbocycles. The van der Waals surface area contributed by atoms with Crippen molar-refractivity contribution in [3.63, 3.8) is 0 Å². The van der Waals surface area contributed by atoms with Crippen molar-refractivity contribution in [3.05, 3.63) is 24.3 Å². The van der Waals surface area contributed by atoms with Gasteiger partial charge in [-0.25, -0.2) is 0 Å². The van der Waals surface area contributed by atoms with E-state index in [0.717, 1.165) is 30.8 Å². The molecular formula is C13H17N3. The molecule has 0 radical (unpaired) electrons. The second-order valence-electron chi connectivity index (χ2n) is 4.75. The first-order chi connectivity index (χ1) is 7.67. The van der Waals surface area contributed by atoms with Crippen LogP contribution in [0.5, 0.6) is 0 Å². The molecule has 1 saturated carbocycles. The summed E-state index contributed by atoms with van der Waals surface area (Å²) < 4.78 is 0. The number of nitrogens with zero attached hydrogens (tertiary/aromatic N) is 2. The van der Waals surface area contributed by atoms with Gasteiger partial charge in [-0.2, -0.15) is 5.26 Å². The molecule has 0 spiro atoms. The molecule has 0 bridgehead atoms. The largest absolute Gasteiger partial charge is 0.397 e. The summed E-state index contributed by atoms with van der Waals surface area (Å²) in [5.41, 5.74) is 8.02. The van der Waals surface area contributed by atoms with E-state index in [4.69, 9.17) is 11.0 Å². The van der Waals surface area contributed by atoms with Crippen LogP contribution in [0.1, 0.15) is 19.3 Å². The highest BCUT2D eigenvalue weighted by atomic mass is 15.1. The van der Waals surface area contributed by atoms with Crippen LogP contribution in [0.15, 0.2) is 24.3 Å². The lowest BCUT2D eigenvalue weighted by Gasteiger charge is -2.25. The van der Waals surface area contributed by atoms with Gasteiger partial charge in [0.1, 0.15) is 0 Å². The number of nitriles is 1. The standard InChI is InChI=1S/C13H17N3/c1-16(10-13(6-7-13)8-9-14)12-5-3-2-4-11(12)15/h2-5H,6-8,10,15H2,1H3. The molecule has 0 atom stereocenters. The quantitative estimate of drug-likeness (QED) is 0.785. The van der Waals surface area contributed by atoms with Crippen LogP contribution in [0.25, 0.3) is 0 Å². The zero-order valence-corrected chi connectivity index (χ0v) is 9.61. The van der Waals surface area contributed by atoms with Crippen molar-refractivity contribution in [2.24, 2.45) is 5.41 Å². The molecule has 0 aromatic heterocycles. The van der Waals surface area contributed by atoms with Gasteiger partial charge in [0.15, 0.2) is 0 Å². The lowest BCUT2D eigenvalue weighted by Crippen LogP contribution is -2.26. The maximum absolute atomic E-state index is 8.79. The molecule has 1 aromatic carbocycles. The van der Waals surface area contributed by atoms with E-state index >= 15 is 0 Å². The number of hydrogen-bond donors (Lipinski definition) is 1. The van der Waals surface area contributed by atoms with Crippen molar-refractivity contribution in [2.75, 3.05) is 24.2 Å². The number of hydrogen-bond acceptors (Lipinski definition) is 3. The molecule has 2 N–H and O–H groups in total. The summed E-state index contributed by atoms with van der Waals surface area (Å²) >= 11 is 0. The normalized spacial score (nSPS) is 16.5. The Hall–Kier alpha value is -1.69. The van der Waals surface area contributed by atoms with Crippen LogP contribution in [-0.4, -0.2) is 13.6 Å². The third-order valence-electron chi connectivity index (χ3n) is 3.33. The second-order valence-corrected chi connectivity index (χ2v) is 4.75. The van der Waals surface area contributed by atoms with Crippen LogP contribution in [0.4, 0.5) is 11.4 Å². The highest BCUT2D eigenvalue weighted by Gasteiger charge is 2.43. The van der Waals surface area contributed by atoms with Crippen LogP contribution in [0.3, 0.4) is 0 Å². The van der Waals surface area contributed by atoms with E-state index < -0.39 is 0 Å². The van der Waals surface area contributed by atoms with E-state index in [-0.39, 0.29) is 5.41 Å². The van der Waals surface area contributed by atoms with Gasteiger partial charge in [-0.15, -0.1) is 0 Å². The van der Waals surface area contributed by atoms with Gasteiger partial charge in [0.25, 0.3) is 0 Å². The summed E-state index contributed by atoms with van der Waals surface area (Å²) in [5.74, 6) is 0. The fourth-order valence-corrected chi connectivity index (χ4v) is 2.16. The smallest absolute Gasteiger partial charge is 0.0628 e. The number of anilines is 2. The number of rotatable bonds is 4. The highest BCUT2D eigenvalue weighted by Crippen LogP contribution is 2.49. The van der Waals surface area contributed by atoms with Crippen LogP contribution in [0.2, 0.25) is 0 Å². The number of benzene rings is 1. The van der Waals surface area contributed by atoms with Crippen molar-refractivity contribution in [1.82, 2.24) is 0 Å². The molecule has 0 heterocycles. The summed E-state index contributed by atoms with van der Waals surface area (Å²) in [6, 6.07) is 10.2. The third kappa shape index (κ3) is 2.11. The van der Waals surface area contributed by atoms with Crippen molar-refractivity contribution in [1.29, 1.82) is 5.26 Å². The van der Waals surface area contributed by atoms with Crippen molar-refractivity contribution >= 4 is 11.4 Å². The van der Waals surface area contributed by atoms with E-state index in [1.807, 2.05) is 31.3 Å². The molecule has 3 heteroatoms. The van der Waals surface area contributed by atoms with Crippen LogP contribution in [0, 0.1) is 16.7 Å². The topological polar surface area (TPSA) is 53.0 Å². The molecule has 84 valence electrons. The Kier molecular flexibility index (Phi) is 2.74. The lowest BCUT2D eigenvalue weighted by molar-refractivity contribution is 0.524. The Morgan fingerprint density at radius 2 is 2.12 bits per heavy atom. The molecule has 16 heavy (non-hydrogen) atoms. The Labute approximate surface area is 96.5 Å². The molecule has 3 nitrogen and oxygen atoms in total. The van der Waals surface area contributed by atoms with Gasteiger partial charge in [0.05, 0.1) is 17.4 Å². The summed E-state index contributed by atoms with van der Waals surface area (Å²) in [6.07, 6.45) is 2.99. The molecule has 0 aliphatic heterocycles. The Morgan fingerprint density at radius 3 is 2.69 bits per heavy atom. The van der Waals surface area contributed by atoms with E-state index in [2.05, 4.69) is 11.0 Å². The fourth-order valence-electron chi connectivity index (χ4n) is 2.16. The summed E-state index contributed by atoms with van der Waals surface area (Å²) in [6.45, 7) is 0.925. The van der Waals surface area contributed by atoms with Crippen LogP contribution >= 0.6 is 0 Å². The minimum absolute atomic E-state index is 0.228. The zero-order valence-electron chi connectivity index (χ0n) is 9.61. The minimum Gasteiger partial charge on any atom is -0.397 e. The second kappa shape index (κ2) is 4.05. The van der Waals surface area contributed by atoms with E-state index in [0.29, 0.717) is 6.42 Å². The fraction of sp³-hybridized carbons (Fsp3) is 0.462. The Morgan fingerprint density at radius 1 is 1.44 bits per heavy atom. The van der Waals surface area contributed by atoms with E-state index in [1.165, 1.54) is 0 Å². The maximum atomic E-state index is 8.79. The molecule has 1 aromatic rings. The summed E-state index contributed by atoms with van der Waals surface area (Å²) in [7, 11) is 2.04. The van der Waals surface area contributed by atoms with Gasteiger partial charge >= 0.3 is 0 Å². The van der Waals surface area contributed by atoms with Gasteiger partial charge in [0.2, 0.25) is 0 Å². The monoisotopic (exact) mass is 215 g/mol. The number of nitrogen functional groups attached to an aromatic ring is 1. The minimum atomic E-state index is 0.228. The van der Waals surface area contributed by atoms with Gasteiger partial charge in [-0.1, -0.05) is 12.1 Å². The third-order valence-corrected chi connectivity index (χ3v) is 3.33.